The Hall–Kier alpha value is -2.70. The van der Waals surface area contributed by atoms with Crippen LogP contribution in [0.5, 0.6) is 0 Å². The number of aliphatic hydroxyl groups is 2. The molecule has 0 saturated heterocycles. The number of ether oxygens (including phenoxy) is 2. The van der Waals surface area contributed by atoms with Gasteiger partial charge in [-0.05, 0) is 44.9 Å². The standard InChI is InChI=1S/C38H62O6/c1-3-5-7-9-11-12-16-20-24-28-32-38(42)44-36(33-39)34-43-37(41)31-27-23-19-17-14-13-15-18-22-26-30-35(40)29-25-21-10-8-6-4-2/h6,8,13-14,18-19,21-23,25-26,30,35-36,39-40H,3-5,7,9-12,15-17,20,24,27-29,31-34H2,1-2H3/b8-6-,14-13-,22-18-,23-19-,25-21-,30-26+/t35?,36-/m0/s1. The number of aliphatic hydroxyl groups excluding tert-OH is 2. The average molecular weight is 615 g/mol. The molecule has 0 aliphatic carbocycles. The third kappa shape index (κ3) is 30.7. The molecule has 0 bridgehead atoms. The zero-order valence-corrected chi connectivity index (χ0v) is 27.8. The lowest BCUT2D eigenvalue weighted by Gasteiger charge is -2.15. The van der Waals surface area contributed by atoms with E-state index in [4.69, 9.17) is 9.47 Å². The third-order valence-corrected chi connectivity index (χ3v) is 6.86. The van der Waals surface area contributed by atoms with E-state index in [9.17, 15) is 19.8 Å². The number of carbonyl (C=O) groups excluding carboxylic acids is 2. The highest BCUT2D eigenvalue weighted by Gasteiger charge is 2.15. The first kappa shape index (κ1) is 41.3. The minimum absolute atomic E-state index is 0.124. The Balaban J connectivity index is 3.84. The molecule has 0 heterocycles. The zero-order valence-electron chi connectivity index (χ0n) is 27.8. The van der Waals surface area contributed by atoms with Crippen LogP contribution in [0.2, 0.25) is 0 Å². The summed E-state index contributed by atoms with van der Waals surface area (Å²) in [6, 6.07) is 0. The van der Waals surface area contributed by atoms with Crippen molar-refractivity contribution in [2.24, 2.45) is 0 Å². The lowest BCUT2D eigenvalue weighted by atomic mass is 10.1. The zero-order chi connectivity index (χ0) is 32.4. The summed E-state index contributed by atoms with van der Waals surface area (Å²) in [5.74, 6) is -0.728. The summed E-state index contributed by atoms with van der Waals surface area (Å²) in [4.78, 5) is 24.1. The van der Waals surface area contributed by atoms with Gasteiger partial charge in [0.1, 0.15) is 6.61 Å². The van der Waals surface area contributed by atoms with Crippen LogP contribution in [0.3, 0.4) is 0 Å². The summed E-state index contributed by atoms with van der Waals surface area (Å²) in [5.41, 5.74) is 0. The summed E-state index contributed by atoms with van der Waals surface area (Å²) in [7, 11) is 0. The van der Waals surface area contributed by atoms with E-state index in [0.29, 0.717) is 19.3 Å². The van der Waals surface area contributed by atoms with Gasteiger partial charge in [0.05, 0.1) is 12.7 Å². The van der Waals surface area contributed by atoms with Crippen LogP contribution >= 0.6 is 0 Å². The highest BCUT2D eigenvalue weighted by atomic mass is 16.6. The highest BCUT2D eigenvalue weighted by molar-refractivity contribution is 5.70. The van der Waals surface area contributed by atoms with Crippen LogP contribution in [0.15, 0.2) is 72.9 Å². The smallest absolute Gasteiger partial charge is 0.306 e. The van der Waals surface area contributed by atoms with Crippen molar-refractivity contribution in [3.05, 3.63) is 72.9 Å². The first-order valence-corrected chi connectivity index (χ1v) is 17.1. The number of carbonyl (C=O) groups is 2. The van der Waals surface area contributed by atoms with E-state index in [1.807, 2.05) is 36.5 Å². The Morgan fingerprint density at radius 3 is 1.91 bits per heavy atom. The molecule has 0 rings (SSSR count). The van der Waals surface area contributed by atoms with Crippen molar-refractivity contribution in [1.82, 2.24) is 0 Å². The highest BCUT2D eigenvalue weighted by Crippen LogP contribution is 2.12. The van der Waals surface area contributed by atoms with Crippen molar-refractivity contribution in [2.45, 2.75) is 142 Å². The number of rotatable bonds is 29. The normalized spacial score (nSPS) is 13.8. The van der Waals surface area contributed by atoms with Crippen molar-refractivity contribution in [3.8, 4) is 0 Å². The molecular formula is C38H62O6. The van der Waals surface area contributed by atoms with Gasteiger partial charge in [-0.25, -0.2) is 0 Å². The maximum Gasteiger partial charge on any atom is 0.306 e. The SMILES string of the molecule is CC/C=C\C/C=C\CC(O)/C=C/C=C\C/C=C\C/C=C\CCC(=O)OC[C@H](CO)OC(=O)CCCCCCCCCCCC. The molecule has 0 amide bonds. The van der Waals surface area contributed by atoms with E-state index in [1.54, 1.807) is 6.08 Å². The lowest BCUT2D eigenvalue weighted by molar-refractivity contribution is -0.161. The van der Waals surface area contributed by atoms with Crippen molar-refractivity contribution < 1.29 is 29.3 Å². The van der Waals surface area contributed by atoms with E-state index in [2.05, 4.69) is 44.2 Å². The fourth-order valence-electron chi connectivity index (χ4n) is 4.25. The number of allylic oxidation sites excluding steroid dienone is 10. The fourth-order valence-corrected chi connectivity index (χ4v) is 4.25. The summed E-state index contributed by atoms with van der Waals surface area (Å²) >= 11 is 0. The molecule has 0 saturated carbocycles. The molecule has 0 aromatic heterocycles. The molecule has 0 aliphatic rings. The number of hydrogen-bond donors (Lipinski definition) is 2. The molecule has 0 aromatic rings. The molecule has 0 radical (unpaired) electrons. The van der Waals surface area contributed by atoms with Gasteiger partial charge in [0.25, 0.3) is 0 Å². The monoisotopic (exact) mass is 614 g/mol. The predicted molar refractivity (Wildman–Crippen MR) is 183 cm³/mol. The Morgan fingerprint density at radius 2 is 1.25 bits per heavy atom. The maximum atomic E-state index is 12.1. The van der Waals surface area contributed by atoms with Crippen LogP contribution in [0, 0.1) is 0 Å². The lowest BCUT2D eigenvalue weighted by Crippen LogP contribution is -2.28. The molecule has 1 unspecified atom stereocenters. The van der Waals surface area contributed by atoms with Crippen LogP contribution in [-0.2, 0) is 19.1 Å². The first-order valence-electron chi connectivity index (χ1n) is 17.1. The molecule has 6 nitrogen and oxygen atoms in total. The van der Waals surface area contributed by atoms with Gasteiger partial charge < -0.3 is 19.7 Å². The van der Waals surface area contributed by atoms with E-state index in [-0.39, 0.29) is 31.6 Å². The van der Waals surface area contributed by atoms with Crippen LogP contribution in [0.1, 0.15) is 129 Å². The molecule has 44 heavy (non-hydrogen) atoms. The van der Waals surface area contributed by atoms with Crippen molar-refractivity contribution in [2.75, 3.05) is 13.2 Å². The van der Waals surface area contributed by atoms with Gasteiger partial charge in [0.15, 0.2) is 6.10 Å². The number of hydrogen-bond acceptors (Lipinski definition) is 6. The van der Waals surface area contributed by atoms with Crippen molar-refractivity contribution in [1.29, 1.82) is 0 Å². The summed E-state index contributed by atoms with van der Waals surface area (Å²) in [5, 5.41) is 19.4. The van der Waals surface area contributed by atoms with E-state index < -0.39 is 12.2 Å². The van der Waals surface area contributed by atoms with Gasteiger partial charge in [0, 0.05) is 12.8 Å². The van der Waals surface area contributed by atoms with Crippen LogP contribution in [-0.4, -0.2) is 47.6 Å². The van der Waals surface area contributed by atoms with Gasteiger partial charge in [-0.2, -0.15) is 0 Å². The topological polar surface area (TPSA) is 93.1 Å². The molecule has 250 valence electrons. The van der Waals surface area contributed by atoms with Crippen molar-refractivity contribution >= 4 is 11.9 Å². The second-order valence-electron chi connectivity index (χ2n) is 11.1. The molecule has 0 spiro atoms. The second kappa shape index (κ2) is 33.2. The van der Waals surface area contributed by atoms with Crippen LogP contribution in [0.4, 0.5) is 0 Å². The molecule has 0 aromatic carbocycles. The van der Waals surface area contributed by atoms with Gasteiger partial charge in [-0.1, -0.05) is 145 Å². The molecule has 2 N–H and O–H groups in total. The summed E-state index contributed by atoms with van der Waals surface area (Å²) in [6.45, 7) is 3.85. The van der Waals surface area contributed by atoms with Crippen molar-refractivity contribution in [3.63, 3.8) is 0 Å². The van der Waals surface area contributed by atoms with Gasteiger partial charge in [0.2, 0.25) is 0 Å². The number of unbranched alkanes of at least 4 members (excludes halogenated alkanes) is 9. The minimum Gasteiger partial charge on any atom is -0.462 e. The fraction of sp³-hybridized carbons (Fsp3) is 0.632. The Kier molecular flexibility index (Phi) is 31.2. The minimum atomic E-state index is -0.815. The van der Waals surface area contributed by atoms with Gasteiger partial charge >= 0.3 is 11.9 Å². The summed E-state index contributed by atoms with van der Waals surface area (Å²) in [6.07, 6.45) is 40.0. The molecule has 0 fully saturated rings. The molecule has 6 heteroatoms. The Morgan fingerprint density at radius 1 is 0.659 bits per heavy atom. The third-order valence-electron chi connectivity index (χ3n) is 6.86. The van der Waals surface area contributed by atoms with Crippen LogP contribution < -0.4 is 0 Å². The van der Waals surface area contributed by atoms with E-state index in [0.717, 1.165) is 44.9 Å². The van der Waals surface area contributed by atoms with Gasteiger partial charge in [-0.15, -0.1) is 0 Å². The molecule has 2 atom stereocenters. The van der Waals surface area contributed by atoms with Crippen LogP contribution in [0.25, 0.3) is 0 Å². The Bertz CT molecular complexity index is 851. The van der Waals surface area contributed by atoms with Gasteiger partial charge in [-0.3, -0.25) is 9.59 Å². The average Bonchev–Trinajstić information content (AvgIpc) is 3.02. The second-order valence-corrected chi connectivity index (χ2v) is 11.1. The quantitative estimate of drug-likeness (QED) is 0.0378. The number of esters is 2. The maximum absolute atomic E-state index is 12.1. The summed E-state index contributed by atoms with van der Waals surface area (Å²) < 4.78 is 10.5. The first-order chi connectivity index (χ1) is 21.5. The van der Waals surface area contributed by atoms with E-state index in [1.165, 1.54) is 44.9 Å². The largest absolute Gasteiger partial charge is 0.462 e. The Labute approximate surface area is 268 Å². The predicted octanol–water partition coefficient (Wildman–Crippen LogP) is 9.19. The van der Waals surface area contributed by atoms with E-state index >= 15 is 0 Å². The molecule has 0 aliphatic heterocycles. The molecular weight excluding hydrogens is 552 g/mol.